The van der Waals surface area contributed by atoms with E-state index in [1.807, 2.05) is 52.8 Å². The fourth-order valence-electron chi connectivity index (χ4n) is 3.09. The number of aromatic nitrogens is 2. The topological polar surface area (TPSA) is 132 Å². The van der Waals surface area contributed by atoms with Crippen LogP contribution in [0.15, 0.2) is 58.3 Å². The summed E-state index contributed by atoms with van der Waals surface area (Å²) in [7, 11) is -1.42. The molecule has 1 aromatic heterocycles. The van der Waals surface area contributed by atoms with Gasteiger partial charge in [0.1, 0.15) is 6.23 Å². The molecule has 1 fully saturated rings. The van der Waals surface area contributed by atoms with E-state index in [0.717, 1.165) is 23.0 Å². The Morgan fingerprint density at radius 1 is 1.39 bits per heavy atom. The summed E-state index contributed by atoms with van der Waals surface area (Å²) in [5.74, 6) is 0.601. The lowest BCUT2D eigenvalue weighted by Crippen LogP contribution is -2.33. The Kier molecular flexibility index (Phi) is 16.6. The number of thioether (sulfide) groups is 1. The zero-order valence-electron chi connectivity index (χ0n) is 22.9. The third-order valence-electron chi connectivity index (χ3n) is 5.14. The van der Waals surface area contributed by atoms with Crippen molar-refractivity contribution in [2.75, 3.05) is 32.1 Å². The summed E-state index contributed by atoms with van der Waals surface area (Å²) in [6.07, 6.45) is 8.94. The van der Waals surface area contributed by atoms with Crippen LogP contribution in [0.5, 0.6) is 0 Å². The van der Waals surface area contributed by atoms with E-state index in [4.69, 9.17) is 18.9 Å². The number of ether oxygens (including phenoxy) is 1. The number of hydrogen-bond acceptors (Lipinski definition) is 9. The first-order chi connectivity index (χ1) is 18.0. The van der Waals surface area contributed by atoms with Gasteiger partial charge in [-0.25, -0.2) is 9.88 Å². The highest BCUT2D eigenvalue weighted by Gasteiger charge is 2.34. The minimum atomic E-state index is -1.42. The highest BCUT2D eigenvalue weighted by molar-refractivity contribution is 8.11. The first-order valence-electron chi connectivity index (χ1n) is 12.4. The van der Waals surface area contributed by atoms with Gasteiger partial charge in [-0.2, -0.15) is 0 Å². The molecule has 1 saturated heterocycles. The van der Waals surface area contributed by atoms with Crippen LogP contribution in [0.3, 0.4) is 0 Å². The lowest BCUT2D eigenvalue weighted by molar-refractivity contribution is -0.0300. The van der Waals surface area contributed by atoms with Crippen LogP contribution in [0, 0.1) is 11.3 Å². The van der Waals surface area contributed by atoms with Crippen LogP contribution in [0.2, 0.25) is 0 Å². The van der Waals surface area contributed by atoms with Gasteiger partial charge in [-0.1, -0.05) is 70.3 Å². The predicted molar refractivity (Wildman–Crippen MR) is 155 cm³/mol. The van der Waals surface area contributed by atoms with Crippen LogP contribution in [0.25, 0.3) is 0 Å². The molecule has 3 N–H and O–H groups in total. The van der Waals surface area contributed by atoms with E-state index >= 15 is 0 Å². The molecule has 0 aromatic carbocycles. The molecule has 0 spiro atoms. The lowest BCUT2D eigenvalue weighted by atomic mass is 9.99. The van der Waals surface area contributed by atoms with Crippen LogP contribution < -0.4 is 16.3 Å². The van der Waals surface area contributed by atoms with Crippen LogP contribution in [0.1, 0.15) is 47.3 Å². The van der Waals surface area contributed by atoms with Crippen molar-refractivity contribution in [1.82, 2.24) is 14.6 Å². The van der Waals surface area contributed by atoms with Crippen molar-refractivity contribution in [2.24, 2.45) is 11.3 Å². The average molecular weight is 572 g/mol. The number of nitrogens with zero attached hydrogens (tertiary/aromatic N) is 1. The number of hydrogen-bond donors (Lipinski definition) is 3. The molecule has 214 valence electrons. The van der Waals surface area contributed by atoms with Gasteiger partial charge in [0, 0.05) is 37.1 Å². The monoisotopic (exact) mass is 571 g/mol. The largest absolute Gasteiger partial charge is 0.396 e. The Morgan fingerprint density at radius 2 is 2.11 bits per heavy atom. The van der Waals surface area contributed by atoms with Crippen molar-refractivity contribution < 1.29 is 23.7 Å². The molecule has 4 atom stereocenters. The van der Waals surface area contributed by atoms with E-state index in [0.29, 0.717) is 25.3 Å². The SMILES string of the molecule is C=C/C=C\C(=C/C)CNP(OCCSC=O)OCC1CC(C)C(n2ccc(=O)[nH]c2=O)O1.CC(C)(C)CO. The molecule has 0 saturated carbocycles. The minimum absolute atomic E-state index is 0.0648. The molecule has 2 heterocycles. The summed E-state index contributed by atoms with van der Waals surface area (Å²) in [5, 5.41) is 11.7. The second-order valence-corrected chi connectivity index (χ2v) is 12.0. The number of aliphatic hydroxyl groups excluding tert-OH is 1. The number of rotatable bonds is 14. The summed E-state index contributed by atoms with van der Waals surface area (Å²) in [4.78, 5) is 36.2. The summed E-state index contributed by atoms with van der Waals surface area (Å²) in [6.45, 7) is 15.1. The first kappa shape index (κ1) is 34.2. The molecule has 4 unspecified atom stereocenters. The van der Waals surface area contributed by atoms with Gasteiger partial charge in [0.2, 0.25) is 0 Å². The van der Waals surface area contributed by atoms with Gasteiger partial charge in [-0.05, 0) is 24.3 Å². The molecule has 1 aliphatic heterocycles. The Bertz CT molecular complexity index is 1020. The molecule has 1 aromatic rings. The van der Waals surface area contributed by atoms with Crippen LogP contribution in [-0.4, -0.2) is 58.5 Å². The molecule has 12 heteroatoms. The van der Waals surface area contributed by atoms with Crippen molar-refractivity contribution in [3.63, 3.8) is 0 Å². The van der Waals surface area contributed by atoms with E-state index in [2.05, 4.69) is 16.7 Å². The van der Waals surface area contributed by atoms with E-state index in [9.17, 15) is 14.4 Å². The van der Waals surface area contributed by atoms with Gasteiger partial charge in [0.05, 0.1) is 19.3 Å². The maximum absolute atomic E-state index is 12.1. The van der Waals surface area contributed by atoms with Crippen molar-refractivity contribution in [1.29, 1.82) is 0 Å². The fraction of sp³-hybridized carbons (Fsp3) is 0.577. The van der Waals surface area contributed by atoms with Gasteiger partial charge in [-0.3, -0.25) is 19.1 Å². The number of aromatic amines is 1. The molecule has 0 radical (unpaired) electrons. The number of carbonyl (C=O) groups is 1. The molecular weight excluding hydrogens is 529 g/mol. The highest BCUT2D eigenvalue weighted by atomic mass is 32.2. The third-order valence-corrected chi connectivity index (χ3v) is 6.89. The Morgan fingerprint density at radius 3 is 2.68 bits per heavy atom. The highest BCUT2D eigenvalue weighted by Crippen LogP contribution is 2.38. The van der Waals surface area contributed by atoms with Gasteiger partial charge >= 0.3 is 5.69 Å². The third kappa shape index (κ3) is 13.8. The maximum atomic E-state index is 12.1. The molecule has 2 rings (SSSR count). The molecule has 0 amide bonds. The molecule has 0 bridgehead atoms. The summed E-state index contributed by atoms with van der Waals surface area (Å²) >= 11 is 1.14. The maximum Gasteiger partial charge on any atom is 0.330 e. The first-order valence-corrected chi connectivity index (χ1v) is 14.6. The zero-order chi connectivity index (χ0) is 28.6. The van der Waals surface area contributed by atoms with Gasteiger partial charge < -0.3 is 18.9 Å². The van der Waals surface area contributed by atoms with E-state index < -0.39 is 26.0 Å². The summed E-state index contributed by atoms with van der Waals surface area (Å²) in [6, 6.07) is 1.30. The van der Waals surface area contributed by atoms with Crippen molar-refractivity contribution in [3.8, 4) is 0 Å². The van der Waals surface area contributed by atoms with E-state index in [1.54, 1.807) is 6.08 Å². The number of allylic oxidation sites excluding steroid dienone is 3. The van der Waals surface area contributed by atoms with E-state index in [1.165, 1.54) is 16.8 Å². The zero-order valence-corrected chi connectivity index (χ0v) is 24.6. The molecule has 38 heavy (non-hydrogen) atoms. The lowest BCUT2D eigenvalue weighted by Gasteiger charge is -2.21. The van der Waals surface area contributed by atoms with Gasteiger partial charge in [0.25, 0.3) is 14.1 Å². The normalized spacial score (nSPS) is 20.7. The van der Waals surface area contributed by atoms with Crippen LogP contribution in [0.4, 0.5) is 0 Å². The molecule has 1 aliphatic rings. The number of nitrogens with one attached hydrogen (secondary N) is 2. The van der Waals surface area contributed by atoms with Gasteiger partial charge in [-0.15, -0.1) is 0 Å². The van der Waals surface area contributed by atoms with Crippen molar-refractivity contribution >= 4 is 25.9 Å². The van der Waals surface area contributed by atoms with E-state index in [-0.39, 0.29) is 30.7 Å². The molecule has 0 aliphatic carbocycles. The second kappa shape index (κ2) is 18.4. The number of carbonyl (C=O) groups excluding carboxylic acids is 1. The van der Waals surface area contributed by atoms with Crippen LogP contribution >= 0.6 is 20.3 Å². The quantitative estimate of drug-likeness (QED) is 0.131. The number of H-pyrrole nitrogens is 1. The number of aliphatic hydroxyl groups is 1. The summed E-state index contributed by atoms with van der Waals surface area (Å²) < 4.78 is 19.2. The molecular formula is C26H42N3O7PS. The van der Waals surface area contributed by atoms with Crippen molar-refractivity contribution in [3.05, 3.63) is 69.6 Å². The Hall–Kier alpha value is -1.85. The second-order valence-electron chi connectivity index (χ2n) is 9.74. The predicted octanol–water partition coefficient (Wildman–Crippen LogP) is 3.95. The average Bonchev–Trinajstić information content (AvgIpc) is 3.24. The van der Waals surface area contributed by atoms with Crippen LogP contribution in [-0.2, 0) is 18.6 Å². The van der Waals surface area contributed by atoms with Crippen molar-refractivity contribution in [2.45, 2.75) is 53.4 Å². The smallest absolute Gasteiger partial charge is 0.330 e. The summed E-state index contributed by atoms with van der Waals surface area (Å²) in [5.41, 5.74) is 0.990. The molecule has 10 nitrogen and oxygen atoms in total. The van der Waals surface area contributed by atoms with Gasteiger partial charge in [0.15, 0.2) is 5.62 Å². The minimum Gasteiger partial charge on any atom is -0.396 e. The Balaban J connectivity index is 0.00000107. The fourth-order valence-corrected chi connectivity index (χ4v) is 4.62. The standard InChI is InChI=1S/C21H30N3O6PS.C5H12O/c1-4-6-7-17(5-2)13-22-31(28-10-11-32-15-25)29-14-18-12-16(3)20(30-18)24-9-8-19(26)23-21(24)27;1-5(2,3)4-6/h4-9,15-16,18,20,22H,1,10-14H2,2-3H3,(H,23,26,27);6H,4H2,1-3H3/b7-6-,17-5+;. The Labute approximate surface area is 230 Å².